The van der Waals surface area contributed by atoms with E-state index in [9.17, 15) is 9.59 Å². The van der Waals surface area contributed by atoms with Crippen molar-refractivity contribution in [1.29, 1.82) is 0 Å². The first-order chi connectivity index (χ1) is 12.4. The lowest BCUT2D eigenvalue weighted by Crippen LogP contribution is -2.43. The van der Waals surface area contributed by atoms with Gasteiger partial charge in [-0.15, -0.1) is 0 Å². The molecule has 26 heavy (non-hydrogen) atoms. The van der Waals surface area contributed by atoms with Crippen molar-refractivity contribution in [1.82, 2.24) is 5.48 Å². The SMILES string of the molecule is CC(=O)N1c2ccc(C(=O)NO)cc2C(Nc2ccc(Cl)cc2)CC1C. The van der Waals surface area contributed by atoms with E-state index in [1.807, 2.05) is 19.1 Å². The molecule has 2 aromatic rings. The smallest absolute Gasteiger partial charge is 0.274 e. The number of hydrogen-bond donors (Lipinski definition) is 3. The highest BCUT2D eigenvalue weighted by molar-refractivity contribution is 6.30. The van der Waals surface area contributed by atoms with E-state index < -0.39 is 5.91 Å². The molecule has 0 saturated heterocycles. The van der Waals surface area contributed by atoms with Crippen LogP contribution in [-0.4, -0.2) is 23.1 Å². The molecule has 0 fully saturated rings. The van der Waals surface area contributed by atoms with Gasteiger partial charge in [0.25, 0.3) is 5.91 Å². The fraction of sp³-hybridized carbons (Fsp3) is 0.263. The number of benzene rings is 2. The summed E-state index contributed by atoms with van der Waals surface area (Å²) in [6, 6.07) is 12.3. The first-order valence-electron chi connectivity index (χ1n) is 8.31. The minimum absolute atomic E-state index is 0.00215. The van der Waals surface area contributed by atoms with Crippen LogP contribution in [0, 0.1) is 0 Å². The Morgan fingerprint density at radius 3 is 2.50 bits per heavy atom. The van der Waals surface area contributed by atoms with E-state index in [1.54, 1.807) is 40.7 Å². The molecule has 6 nitrogen and oxygen atoms in total. The van der Waals surface area contributed by atoms with E-state index in [-0.39, 0.29) is 18.0 Å². The van der Waals surface area contributed by atoms with E-state index in [0.29, 0.717) is 17.0 Å². The summed E-state index contributed by atoms with van der Waals surface area (Å²) in [7, 11) is 0. The van der Waals surface area contributed by atoms with Gasteiger partial charge >= 0.3 is 0 Å². The number of nitrogens with one attached hydrogen (secondary N) is 2. The number of hydroxylamine groups is 1. The number of fused-ring (bicyclic) bond motifs is 1. The molecular weight excluding hydrogens is 354 g/mol. The zero-order chi connectivity index (χ0) is 18.8. The highest BCUT2D eigenvalue weighted by atomic mass is 35.5. The average Bonchev–Trinajstić information content (AvgIpc) is 2.62. The van der Waals surface area contributed by atoms with Crippen molar-refractivity contribution in [2.24, 2.45) is 0 Å². The number of halogens is 1. The van der Waals surface area contributed by atoms with Gasteiger partial charge in [-0.1, -0.05) is 11.6 Å². The first kappa shape index (κ1) is 18.2. The molecule has 2 amide bonds. The van der Waals surface area contributed by atoms with Crippen LogP contribution in [0.4, 0.5) is 11.4 Å². The van der Waals surface area contributed by atoms with Crippen LogP contribution in [-0.2, 0) is 4.79 Å². The number of carbonyl (C=O) groups is 2. The van der Waals surface area contributed by atoms with E-state index in [0.717, 1.165) is 16.9 Å². The standard InChI is InChI=1S/C19H20ClN3O3/c1-11-9-17(21-15-6-4-14(20)5-7-15)16-10-13(19(25)22-26)3-8-18(16)23(11)12(2)24/h3-8,10-11,17,21,26H,9H2,1-2H3,(H,22,25). The van der Waals surface area contributed by atoms with E-state index in [1.165, 1.54) is 6.92 Å². The van der Waals surface area contributed by atoms with Crippen LogP contribution in [0.1, 0.15) is 42.2 Å². The number of amides is 2. The lowest BCUT2D eigenvalue weighted by molar-refractivity contribution is -0.117. The number of carbonyl (C=O) groups excluding carboxylic acids is 2. The summed E-state index contributed by atoms with van der Waals surface area (Å²) in [6.45, 7) is 3.52. The van der Waals surface area contributed by atoms with E-state index in [4.69, 9.17) is 16.8 Å². The predicted octanol–water partition coefficient (Wildman–Crippen LogP) is 3.76. The minimum atomic E-state index is -0.592. The van der Waals surface area contributed by atoms with E-state index in [2.05, 4.69) is 5.32 Å². The number of hydrogen-bond acceptors (Lipinski definition) is 4. The molecule has 0 saturated carbocycles. The van der Waals surface area contributed by atoms with Gasteiger partial charge in [0.15, 0.2) is 0 Å². The van der Waals surface area contributed by atoms with Crippen LogP contribution in [0.2, 0.25) is 5.02 Å². The molecule has 2 atom stereocenters. The number of nitrogens with zero attached hydrogens (tertiary/aromatic N) is 1. The van der Waals surface area contributed by atoms with Crippen molar-refractivity contribution >= 4 is 34.8 Å². The van der Waals surface area contributed by atoms with Gasteiger partial charge in [0.2, 0.25) is 5.91 Å². The molecule has 0 aromatic heterocycles. The van der Waals surface area contributed by atoms with Crippen LogP contribution in [0.25, 0.3) is 0 Å². The second-order valence-electron chi connectivity index (χ2n) is 6.39. The molecule has 0 spiro atoms. The van der Waals surface area contributed by atoms with Crippen molar-refractivity contribution in [2.45, 2.75) is 32.4 Å². The molecule has 1 aliphatic rings. The Labute approximate surface area is 156 Å². The Balaban J connectivity index is 2.03. The van der Waals surface area contributed by atoms with Crippen LogP contribution in [0.15, 0.2) is 42.5 Å². The Morgan fingerprint density at radius 2 is 1.88 bits per heavy atom. The van der Waals surface area contributed by atoms with Crippen LogP contribution in [0.5, 0.6) is 0 Å². The molecule has 136 valence electrons. The van der Waals surface area contributed by atoms with Gasteiger partial charge < -0.3 is 10.2 Å². The highest BCUT2D eigenvalue weighted by Crippen LogP contribution is 2.39. The van der Waals surface area contributed by atoms with Gasteiger partial charge in [0, 0.05) is 34.9 Å². The summed E-state index contributed by atoms with van der Waals surface area (Å²) in [4.78, 5) is 25.7. The van der Waals surface area contributed by atoms with Crippen LogP contribution < -0.4 is 15.7 Å². The van der Waals surface area contributed by atoms with Crippen molar-refractivity contribution < 1.29 is 14.8 Å². The third-order valence-electron chi connectivity index (χ3n) is 4.57. The lowest BCUT2D eigenvalue weighted by atomic mass is 9.90. The first-order valence-corrected chi connectivity index (χ1v) is 8.68. The zero-order valence-corrected chi connectivity index (χ0v) is 15.2. The van der Waals surface area contributed by atoms with Gasteiger partial charge in [-0.2, -0.15) is 0 Å². The Kier molecular flexibility index (Phi) is 5.15. The van der Waals surface area contributed by atoms with Crippen molar-refractivity contribution in [3.8, 4) is 0 Å². The largest absolute Gasteiger partial charge is 0.378 e. The molecule has 0 aliphatic carbocycles. The second kappa shape index (κ2) is 7.35. The fourth-order valence-electron chi connectivity index (χ4n) is 3.43. The molecule has 0 radical (unpaired) electrons. The molecule has 3 rings (SSSR count). The quantitative estimate of drug-likeness (QED) is 0.565. The maximum absolute atomic E-state index is 12.1. The zero-order valence-electron chi connectivity index (χ0n) is 14.5. The molecule has 1 heterocycles. The van der Waals surface area contributed by atoms with Crippen molar-refractivity contribution in [2.75, 3.05) is 10.2 Å². The molecule has 2 unspecified atom stereocenters. The third kappa shape index (κ3) is 3.52. The molecule has 7 heteroatoms. The average molecular weight is 374 g/mol. The summed E-state index contributed by atoms with van der Waals surface area (Å²) < 4.78 is 0. The number of anilines is 2. The number of rotatable bonds is 3. The lowest BCUT2D eigenvalue weighted by Gasteiger charge is -2.39. The highest BCUT2D eigenvalue weighted by Gasteiger charge is 2.33. The van der Waals surface area contributed by atoms with Crippen molar-refractivity contribution in [3.05, 3.63) is 58.6 Å². The Hall–Kier alpha value is -2.57. The topological polar surface area (TPSA) is 81.7 Å². The van der Waals surface area contributed by atoms with E-state index >= 15 is 0 Å². The summed E-state index contributed by atoms with van der Waals surface area (Å²) in [6.07, 6.45) is 0.680. The molecule has 2 aromatic carbocycles. The van der Waals surface area contributed by atoms with Gasteiger partial charge in [0.1, 0.15) is 0 Å². The maximum atomic E-state index is 12.1. The van der Waals surface area contributed by atoms with Crippen LogP contribution >= 0.6 is 11.6 Å². The second-order valence-corrected chi connectivity index (χ2v) is 6.83. The fourth-order valence-corrected chi connectivity index (χ4v) is 3.56. The van der Waals surface area contributed by atoms with Crippen LogP contribution in [0.3, 0.4) is 0 Å². The molecular formula is C19H20ClN3O3. The monoisotopic (exact) mass is 373 g/mol. The van der Waals surface area contributed by atoms with Gasteiger partial charge in [0.05, 0.1) is 6.04 Å². The van der Waals surface area contributed by atoms with Gasteiger partial charge in [-0.25, -0.2) is 5.48 Å². The summed E-state index contributed by atoms with van der Waals surface area (Å²) >= 11 is 5.94. The Morgan fingerprint density at radius 1 is 1.19 bits per heavy atom. The summed E-state index contributed by atoms with van der Waals surface area (Å²) in [5.41, 5.74) is 4.46. The van der Waals surface area contributed by atoms with Crippen molar-refractivity contribution in [3.63, 3.8) is 0 Å². The summed E-state index contributed by atoms with van der Waals surface area (Å²) in [5, 5.41) is 13.0. The normalized spacial score (nSPS) is 18.8. The molecule has 0 bridgehead atoms. The summed E-state index contributed by atoms with van der Waals surface area (Å²) in [5.74, 6) is -0.644. The Bertz CT molecular complexity index is 838. The van der Waals surface area contributed by atoms with Gasteiger partial charge in [-0.3, -0.25) is 14.8 Å². The maximum Gasteiger partial charge on any atom is 0.274 e. The molecule has 1 aliphatic heterocycles. The predicted molar refractivity (Wildman–Crippen MR) is 101 cm³/mol. The minimum Gasteiger partial charge on any atom is -0.378 e. The third-order valence-corrected chi connectivity index (χ3v) is 4.82. The molecule has 3 N–H and O–H groups in total. The van der Waals surface area contributed by atoms with Gasteiger partial charge in [-0.05, 0) is 61.4 Å².